The molecule has 1 aromatic rings. The number of ether oxygens (including phenoxy) is 1. The van der Waals surface area contributed by atoms with Gasteiger partial charge in [0, 0.05) is 17.4 Å². The average Bonchev–Trinajstić information content (AvgIpc) is 2.28. The Morgan fingerprint density at radius 3 is 2.59 bits per heavy atom. The molecule has 1 rings (SSSR count). The van der Waals surface area contributed by atoms with Crippen LogP contribution in [0.15, 0.2) is 18.2 Å². The summed E-state index contributed by atoms with van der Waals surface area (Å²) in [7, 11) is -1.53. The average molecular weight is 257 g/mol. The van der Waals surface area contributed by atoms with E-state index in [1.165, 1.54) is 0 Å². The number of rotatable bonds is 5. The van der Waals surface area contributed by atoms with Gasteiger partial charge in [0.1, 0.15) is 5.75 Å². The van der Waals surface area contributed by atoms with E-state index < -0.39 is 15.9 Å². The second-order valence-corrected chi connectivity index (χ2v) is 6.45. The maximum Gasteiger partial charge on any atom is 0.151 e. The van der Waals surface area contributed by atoms with Crippen molar-refractivity contribution in [1.29, 1.82) is 0 Å². The van der Waals surface area contributed by atoms with Crippen molar-refractivity contribution >= 4 is 9.84 Å². The van der Waals surface area contributed by atoms with Crippen LogP contribution in [-0.4, -0.2) is 27.0 Å². The molecule has 0 saturated heterocycles. The summed E-state index contributed by atoms with van der Waals surface area (Å²) in [6.45, 7) is 3.56. The Kier molecular flexibility index (Phi) is 4.54. The molecule has 0 bridgehead atoms. The van der Waals surface area contributed by atoms with Crippen molar-refractivity contribution in [3.05, 3.63) is 29.3 Å². The third kappa shape index (κ3) is 3.71. The van der Waals surface area contributed by atoms with Crippen LogP contribution in [0, 0.1) is 6.92 Å². The first kappa shape index (κ1) is 14.0. The maximum absolute atomic E-state index is 11.5. The zero-order chi connectivity index (χ0) is 13.1. The predicted molar refractivity (Wildman–Crippen MR) is 69.0 cm³/mol. The molecule has 0 aliphatic heterocycles. The zero-order valence-electron chi connectivity index (χ0n) is 10.4. The minimum Gasteiger partial charge on any atom is -0.496 e. The Morgan fingerprint density at radius 1 is 1.41 bits per heavy atom. The second-order valence-electron chi connectivity index (χ2n) is 4.05. The standard InChI is InChI=1S/C12H19NO3S/c1-4-17(14,15)8-11(13)10-7-9(2)5-6-12(10)16-3/h5-7,11H,4,8,13H2,1-3H3. The van der Waals surface area contributed by atoms with Gasteiger partial charge in [-0.2, -0.15) is 0 Å². The highest BCUT2D eigenvalue weighted by atomic mass is 32.2. The molecular formula is C12H19NO3S. The van der Waals surface area contributed by atoms with Crippen molar-refractivity contribution < 1.29 is 13.2 Å². The summed E-state index contributed by atoms with van der Waals surface area (Å²) >= 11 is 0. The Hall–Kier alpha value is -1.07. The summed E-state index contributed by atoms with van der Waals surface area (Å²) < 4.78 is 28.3. The minimum atomic E-state index is -3.09. The lowest BCUT2D eigenvalue weighted by molar-refractivity contribution is 0.407. The molecule has 0 aliphatic carbocycles. The van der Waals surface area contributed by atoms with Crippen molar-refractivity contribution in [2.45, 2.75) is 19.9 Å². The smallest absolute Gasteiger partial charge is 0.151 e. The highest BCUT2D eigenvalue weighted by Crippen LogP contribution is 2.25. The van der Waals surface area contributed by atoms with Crippen LogP contribution in [-0.2, 0) is 9.84 Å². The van der Waals surface area contributed by atoms with Crippen LogP contribution in [0.1, 0.15) is 24.1 Å². The van der Waals surface area contributed by atoms with Gasteiger partial charge in [0.2, 0.25) is 0 Å². The van der Waals surface area contributed by atoms with E-state index in [9.17, 15) is 8.42 Å². The maximum atomic E-state index is 11.5. The van der Waals surface area contributed by atoms with Crippen LogP contribution >= 0.6 is 0 Å². The van der Waals surface area contributed by atoms with Gasteiger partial charge in [0.15, 0.2) is 9.84 Å². The fourth-order valence-electron chi connectivity index (χ4n) is 1.62. The third-order valence-corrected chi connectivity index (χ3v) is 4.40. The Labute approximate surface area is 103 Å². The summed E-state index contributed by atoms with van der Waals surface area (Å²) in [5.41, 5.74) is 7.72. The Morgan fingerprint density at radius 2 is 2.06 bits per heavy atom. The van der Waals surface area contributed by atoms with Gasteiger partial charge in [-0.25, -0.2) is 8.42 Å². The van der Waals surface area contributed by atoms with Crippen LogP contribution in [0.25, 0.3) is 0 Å². The number of benzene rings is 1. The fourth-order valence-corrected chi connectivity index (χ4v) is 2.59. The molecule has 0 aromatic heterocycles. The molecule has 0 radical (unpaired) electrons. The summed E-state index contributed by atoms with van der Waals surface area (Å²) in [5, 5.41) is 0. The minimum absolute atomic E-state index is 0.0523. The topological polar surface area (TPSA) is 69.4 Å². The van der Waals surface area contributed by atoms with Crippen molar-refractivity contribution in [3.63, 3.8) is 0 Å². The van der Waals surface area contributed by atoms with E-state index >= 15 is 0 Å². The van der Waals surface area contributed by atoms with Crippen LogP contribution in [0.3, 0.4) is 0 Å². The quantitative estimate of drug-likeness (QED) is 0.866. The van der Waals surface area contributed by atoms with Gasteiger partial charge >= 0.3 is 0 Å². The molecule has 2 N–H and O–H groups in total. The predicted octanol–water partition coefficient (Wildman–Crippen LogP) is 1.44. The van der Waals surface area contributed by atoms with Gasteiger partial charge < -0.3 is 10.5 Å². The lowest BCUT2D eigenvalue weighted by Crippen LogP contribution is -2.23. The Bertz CT molecular complexity index is 483. The van der Waals surface area contributed by atoms with E-state index in [4.69, 9.17) is 10.5 Å². The number of nitrogens with two attached hydrogens (primary N) is 1. The first-order valence-electron chi connectivity index (χ1n) is 5.50. The van der Waals surface area contributed by atoms with Gasteiger partial charge in [-0.05, 0) is 13.0 Å². The fraction of sp³-hybridized carbons (Fsp3) is 0.500. The normalized spacial score (nSPS) is 13.4. The SMILES string of the molecule is CCS(=O)(=O)CC(N)c1cc(C)ccc1OC. The van der Waals surface area contributed by atoms with E-state index in [-0.39, 0.29) is 11.5 Å². The molecule has 4 nitrogen and oxygen atoms in total. The van der Waals surface area contributed by atoms with Crippen LogP contribution in [0.4, 0.5) is 0 Å². The molecule has 1 unspecified atom stereocenters. The van der Waals surface area contributed by atoms with Gasteiger partial charge in [-0.3, -0.25) is 0 Å². The van der Waals surface area contributed by atoms with Crippen molar-refractivity contribution in [1.82, 2.24) is 0 Å². The van der Waals surface area contributed by atoms with Gasteiger partial charge in [-0.1, -0.05) is 24.6 Å². The molecule has 1 atom stereocenters. The Balaban J connectivity index is 3.03. The van der Waals surface area contributed by atoms with Crippen molar-refractivity contribution in [3.8, 4) is 5.75 Å². The summed E-state index contributed by atoms with van der Waals surface area (Å²) in [6, 6.07) is 5.04. The van der Waals surface area contributed by atoms with E-state index in [1.807, 2.05) is 25.1 Å². The number of hydrogen-bond donors (Lipinski definition) is 1. The first-order chi connectivity index (χ1) is 7.89. The van der Waals surface area contributed by atoms with Gasteiger partial charge in [-0.15, -0.1) is 0 Å². The molecule has 0 spiro atoms. The van der Waals surface area contributed by atoms with E-state index in [1.54, 1.807) is 14.0 Å². The molecule has 0 amide bonds. The number of methoxy groups -OCH3 is 1. The monoisotopic (exact) mass is 257 g/mol. The van der Waals surface area contributed by atoms with Crippen LogP contribution in [0.5, 0.6) is 5.75 Å². The third-order valence-electron chi connectivity index (χ3n) is 2.66. The summed E-state index contributed by atoms with van der Waals surface area (Å²) in [4.78, 5) is 0. The first-order valence-corrected chi connectivity index (χ1v) is 7.32. The molecule has 0 heterocycles. The van der Waals surface area contributed by atoms with Crippen molar-refractivity contribution in [2.24, 2.45) is 5.73 Å². The molecule has 0 saturated carbocycles. The summed E-state index contributed by atoms with van der Waals surface area (Å²) in [6.07, 6.45) is 0. The highest BCUT2D eigenvalue weighted by Gasteiger charge is 2.18. The second kappa shape index (κ2) is 5.51. The van der Waals surface area contributed by atoms with Gasteiger partial charge in [0.25, 0.3) is 0 Å². The largest absolute Gasteiger partial charge is 0.496 e. The molecule has 0 aliphatic rings. The molecule has 0 fully saturated rings. The molecule has 17 heavy (non-hydrogen) atoms. The highest BCUT2D eigenvalue weighted by molar-refractivity contribution is 7.91. The summed E-state index contributed by atoms with van der Waals surface area (Å²) in [5.74, 6) is 0.687. The molecule has 96 valence electrons. The molecule has 5 heteroatoms. The number of sulfone groups is 1. The van der Waals surface area contributed by atoms with E-state index in [0.29, 0.717) is 5.75 Å². The number of hydrogen-bond acceptors (Lipinski definition) is 4. The van der Waals surface area contributed by atoms with Crippen LogP contribution < -0.4 is 10.5 Å². The lowest BCUT2D eigenvalue weighted by Gasteiger charge is -2.16. The zero-order valence-corrected chi connectivity index (χ0v) is 11.3. The van der Waals surface area contributed by atoms with Crippen molar-refractivity contribution in [2.75, 3.05) is 18.6 Å². The van der Waals surface area contributed by atoms with Crippen LogP contribution in [0.2, 0.25) is 0 Å². The molecular weight excluding hydrogens is 238 g/mol. The number of aryl methyl sites for hydroxylation is 1. The molecule has 1 aromatic carbocycles. The lowest BCUT2D eigenvalue weighted by atomic mass is 10.1. The van der Waals surface area contributed by atoms with E-state index in [2.05, 4.69) is 0 Å². The van der Waals surface area contributed by atoms with Gasteiger partial charge in [0.05, 0.1) is 12.9 Å². The van der Waals surface area contributed by atoms with E-state index in [0.717, 1.165) is 11.1 Å².